The maximum absolute atomic E-state index is 5.90. The van der Waals surface area contributed by atoms with E-state index in [1.165, 1.54) is 5.56 Å². The molecule has 0 unspecified atom stereocenters. The molecule has 0 saturated heterocycles. The van der Waals surface area contributed by atoms with Gasteiger partial charge in [0, 0.05) is 18.9 Å². The molecule has 4 heteroatoms. The second-order valence-electron chi connectivity index (χ2n) is 5.75. The van der Waals surface area contributed by atoms with E-state index in [2.05, 4.69) is 52.6 Å². The maximum atomic E-state index is 5.90. The van der Waals surface area contributed by atoms with Crippen molar-refractivity contribution in [1.29, 1.82) is 0 Å². The van der Waals surface area contributed by atoms with Gasteiger partial charge in [-0.1, -0.05) is 47.8 Å². The third-order valence-electron chi connectivity index (χ3n) is 3.95. The fourth-order valence-corrected chi connectivity index (χ4v) is 3.46. The summed E-state index contributed by atoms with van der Waals surface area (Å²) in [4.78, 5) is 6.69. The molecule has 2 aromatic carbocycles. The number of allylic oxidation sites excluding steroid dienone is 4. The Morgan fingerprint density at radius 2 is 1.64 bits per heavy atom. The summed E-state index contributed by atoms with van der Waals surface area (Å²) in [5.41, 5.74) is 2.27. The van der Waals surface area contributed by atoms with Crippen molar-refractivity contribution >= 4 is 21.6 Å². The quantitative estimate of drug-likeness (QED) is 0.607. The largest absolute Gasteiger partial charge is 0.431 e. The van der Waals surface area contributed by atoms with Gasteiger partial charge in [0.2, 0.25) is 0 Å². The molecule has 0 atom stereocenters. The normalized spacial score (nSPS) is 13.4. The standard InChI is InChI=1S/C21H18N2OS/c1-2-6-15-23(14-5-1)16-13-17-9-11-18(12-10-17)24-21-22-19-7-3-4-8-20(19)25-21/h1-12,14-15H,13,16H2. The molecule has 3 nitrogen and oxygen atoms in total. The van der Waals surface area contributed by atoms with E-state index >= 15 is 0 Å². The van der Waals surface area contributed by atoms with Crippen molar-refractivity contribution in [3.63, 3.8) is 0 Å². The van der Waals surface area contributed by atoms with Crippen molar-refractivity contribution in [3.8, 4) is 10.9 Å². The smallest absolute Gasteiger partial charge is 0.279 e. The highest BCUT2D eigenvalue weighted by Crippen LogP contribution is 2.31. The van der Waals surface area contributed by atoms with Crippen LogP contribution in [-0.4, -0.2) is 16.4 Å². The zero-order valence-electron chi connectivity index (χ0n) is 13.7. The van der Waals surface area contributed by atoms with Crippen LogP contribution in [-0.2, 0) is 6.42 Å². The highest BCUT2D eigenvalue weighted by atomic mass is 32.1. The Hall–Kier alpha value is -2.85. The minimum Gasteiger partial charge on any atom is -0.431 e. The number of rotatable bonds is 5. The first kappa shape index (κ1) is 15.7. The number of nitrogens with zero attached hydrogens (tertiary/aromatic N) is 2. The summed E-state index contributed by atoms with van der Waals surface area (Å²) in [7, 11) is 0. The van der Waals surface area contributed by atoms with Crippen LogP contribution in [0, 0.1) is 0 Å². The number of para-hydroxylation sites is 1. The van der Waals surface area contributed by atoms with Crippen molar-refractivity contribution in [3.05, 3.63) is 90.8 Å². The van der Waals surface area contributed by atoms with Gasteiger partial charge in [0.25, 0.3) is 5.19 Å². The fraction of sp³-hybridized carbons (Fsp3) is 0.0952. The lowest BCUT2D eigenvalue weighted by Gasteiger charge is -2.14. The number of fused-ring (bicyclic) bond motifs is 1. The van der Waals surface area contributed by atoms with Crippen LogP contribution in [0.1, 0.15) is 5.56 Å². The van der Waals surface area contributed by atoms with Crippen LogP contribution >= 0.6 is 11.3 Å². The van der Waals surface area contributed by atoms with E-state index in [4.69, 9.17) is 4.74 Å². The van der Waals surface area contributed by atoms with E-state index < -0.39 is 0 Å². The molecular formula is C21H18N2OS. The molecule has 124 valence electrons. The molecule has 0 aliphatic carbocycles. The van der Waals surface area contributed by atoms with Crippen molar-refractivity contribution in [1.82, 2.24) is 9.88 Å². The number of hydrogen-bond donors (Lipinski definition) is 0. The maximum Gasteiger partial charge on any atom is 0.279 e. The molecule has 0 amide bonds. The minimum atomic E-state index is 0.682. The average molecular weight is 346 g/mol. The summed E-state index contributed by atoms with van der Waals surface area (Å²) in [6.45, 7) is 0.951. The van der Waals surface area contributed by atoms with Crippen molar-refractivity contribution in [2.24, 2.45) is 0 Å². The second kappa shape index (κ2) is 7.36. The van der Waals surface area contributed by atoms with Crippen molar-refractivity contribution in [2.75, 3.05) is 6.54 Å². The molecule has 1 aliphatic rings. The number of hydrogen-bond acceptors (Lipinski definition) is 4. The van der Waals surface area contributed by atoms with Crippen LogP contribution in [0.25, 0.3) is 10.2 Å². The summed E-state index contributed by atoms with van der Waals surface area (Å²) in [6, 6.07) is 16.3. The molecular weight excluding hydrogens is 328 g/mol. The van der Waals surface area contributed by atoms with E-state index in [0.717, 1.165) is 28.9 Å². The number of benzene rings is 2. The van der Waals surface area contributed by atoms with Gasteiger partial charge in [-0.15, -0.1) is 0 Å². The Labute approximate surface area is 151 Å². The summed E-state index contributed by atoms with van der Waals surface area (Å²) in [5, 5.41) is 0.682. The molecule has 0 bridgehead atoms. The molecule has 3 aromatic rings. The molecule has 0 radical (unpaired) electrons. The van der Waals surface area contributed by atoms with Crippen LogP contribution in [0.5, 0.6) is 10.9 Å². The average Bonchev–Trinajstić information content (AvgIpc) is 2.86. The van der Waals surface area contributed by atoms with E-state index in [9.17, 15) is 0 Å². The zero-order chi connectivity index (χ0) is 16.9. The lowest BCUT2D eigenvalue weighted by atomic mass is 10.1. The minimum absolute atomic E-state index is 0.682. The van der Waals surface area contributed by atoms with Gasteiger partial charge in [-0.2, -0.15) is 0 Å². The molecule has 0 fully saturated rings. The predicted molar refractivity (Wildman–Crippen MR) is 104 cm³/mol. The first-order valence-corrected chi connectivity index (χ1v) is 9.08. The van der Waals surface area contributed by atoms with E-state index in [1.807, 2.05) is 42.5 Å². The molecule has 1 aromatic heterocycles. The highest BCUT2D eigenvalue weighted by Gasteiger charge is 2.05. The molecule has 1 aliphatic heterocycles. The van der Waals surface area contributed by atoms with Crippen LogP contribution in [0.4, 0.5) is 0 Å². The van der Waals surface area contributed by atoms with Gasteiger partial charge in [-0.25, -0.2) is 4.98 Å². The van der Waals surface area contributed by atoms with E-state index in [1.54, 1.807) is 11.3 Å². The van der Waals surface area contributed by atoms with Gasteiger partial charge in [0.05, 0.1) is 10.2 Å². The van der Waals surface area contributed by atoms with Crippen LogP contribution < -0.4 is 4.74 Å². The third kappa shape index (κ3) is 3.98. The Kier molecular flexibility index (Phi) is 4.61. The topological polar surface area (TPSA) is 25.4 Å². The van der Waals surface area contributed by atoms with Gasteiger partial charge < -0.3 is 9.64 Å². The Morgan fingerprint density at radius 3 is 2.40 bits per heavy atom. The molecule has 25 heavy (non-hydrogen) atoms. The van der Waals surface area contributed by atoms with Crippen LogP contribution in [0.15, 0.2) is 85.2 Å². The van der Waals surface area contributed by atoms with Gasteiger partial charge in [-0.05, 0) is 48.4 Å². The first-order valence-electron chi connectivity index (χ1n) is 8.27. The van der Waals surface area contributed by atoms with Gasteiger partial charge in [-0.3, -0.25) is 0 Å². The number of aromatic nitrogens is 1. The van der Waals surface area contributed by atoms with Gasteiger partial charge >= 0.3 is 0 Å². The lowest BCUT2D eigenvalue weighted by molar-refractivity contribution is 0.479. The van der Waals surface area contributed by atoms with Crippen LogP contribution in [0.2, 0.25) is 0 Å². The number of ether oxygens (including phenoxy) is 1. The van der Waals surface area contributed by atoms with E-state index in [-0.39, 0.29) is 0 Å². The summed E-state index contributed by atoms with van der Waals surface area (Å²) < 4.78 is 7.04. The molecule has 2 heterocycles. The summed E-state index contributed by atoms with van der Waals surface area (Å²) in [6.07, 6.45) is 13.3. The third-order valence-corrected chi connectivity index (χ3v) is 4.86. The van der Waals surface area contributed by atoms with Gasteiger partial charge in [0.15, 0.2) is 0 Å². The summed E-state index contributed by atoms with van der Waals surface area (Å²) >= 11 is 1.57. The Bertz CT molecular complexity index is 889. The van der Waals surface area contributed by atoms with Crippen LogP contribution in [0.3, 0.4) is 0 Å². The Balaban J connectivity index is 1.38. The first-order chi connectivity index (χ1) is 12.4. The van der Waals surface area contributed by atoms with Crippen molar-refractivity contribution in [2.45, 2.75) is 6.42 Å². The molecule has 0 saturated carbocycles. The fourth-order valence-electron chi connectivity index (χ4n) is 2.63. The molecule has 0 spiro atoms. The van der Waals surface area contributed by atoms with Crippen molar-refractivity contribution < 1.29 is 4.74 Å². The highest BCUT2D eigenvalue weighted by molar-refractivity contribution is 7.20. The second-order valence-corrected chi connectivity index (χ2v) is 6.74. The Morgan fingerprint density at radius 1 is 0.880 bits per heavy atom. The van der Waals surface area contributed by atoms with E-state index in [0.29, 0.717) is 5.19 Å². The van der Waals surface area contributed by atoms with Gasteiger partial charge in [0.1, 0.15) is 5.75 Å². The monoisotopic (exact) mass is 346 g/mol. The zero-order valence-corrected chi connectivity index (χ0v) is 14.5. The number of thiazole rings is 1. The molecule has 0 N–H and O–H groups in total. The lowest BCUT2D eigenvalue weighted by Crippen LogP contribution is -2.12. The summed E-state index contributed by atoms with van der Waals surface area (Å²) in [5.74, 6) is 0.821. The molecule has 4 rings (SSSR count). The predicted octanol–water partition coefficient (Wildman–Crippen LogP) is 5.53. The SMILES string of the molecule is C1=CC=CN(CCc2ccc(Oc3nc4ccccc4s3)cc2)C=C1.